The topological polar surface area (TPSA) is 53.6 Å². The fraction of sp³-hybridized carbons (Fsp3) is 0.611. The number of carbonyl (C=O) groups is 1. The van der Waals surface area contributed by atoms with E-state index in [4.69, 9.17) is 4.74 Å². The third-order valence-corrected chi connectivity index (χ3v) is 4.85. The van der Waals surface area contributed by atoms with Gasteiger partial charge in [-0.1, -0.05) is 12.1 Å². The molecule has 0 saturated carbocycles. The van der Waals surface area contributed by atoms with Crippen LogP contribution in [0.5, 0.6) is 0 Å². The Balaban J connectivity index is 1.42. The second-order valence-corrected chi connectivity index (χ2v) is 6.92. The van der Waals surface area contributed by atoms with Crippen LogP contribution >= 0.6 is 0 Å². The van der Waals surface area contributed by atoms with Gasteiger partial charge in [-0.05, 0) is 37.0 Å². The molecule has 0 aromatic heterocycles. The summed E-state index contributed by atoms with van der Waals surface area (Å²) >= 11 is 0. The van der Waals surface area contributed by atoms with Gasteiger partial charge in [0.2, 0.25) is 0 Å². The number of likely N-dealkylation sites (tertiary alicyclic amines) is 1. The molecule has 26 heavy (non-hydrogen) atoms. The molecule has 2 fully saturated rings. The summed E-state index contributed by atoms with van der Waals surface area (Å²) in [4.78, 5) is 14.2. The summed E-state index contributed by atoms with van der Waals surface area (Å²) in [6.45, 7) is 3.44. The second kappa shape index (κ2) is 8.26. The lowest BCUT2D eigenvalue weighted by Gasteiger charge is -2.24. The predicted molar refractivity (Wildman–Crippen MR) is 90.6 cm³/mol. The average Bonchev–Trinajstić information content (AvgIpc) is 3.02. The van der Waals surface area contributed by atoms with Crippen molar-refractivity contribution in [2.45, 2.75) is 44.1 Å². The number of halogens is 3. The Labute approximate surface area is 150 Å². The van der Waals surface area contributed by atoms with Crippen molar-refractivity contribution in [2.75, 3.05) is 26.3 Å². The zero-order chi connectivity index (χ0) is 18.6. The quantitative estimate of drug-likeness (QED) is 0.856. The number of benzene rings is 1. The highest BCUT2D eigenvalue weighted by molar-refractivity contribution is 5.74. The molecule has 2 N–H and O–H groups in total. The third-order valence-electron chi connectivity index (χ3n) is 4.85. The molecule has 1 aromatic rings. The summed E-state index contributed by atoms with van der Waals surface area (Å²) in [7, 11) is 0. The zero-order valence-electron chi connectivity index (χ0n) is 14.5. The summed E-state index contributed by atoms with van der Waals surface area (Å²) in [5.74, 6) is 0. The van der Waals surface area contributed by atoms with Gasteiger partial charge in [0, 0.05) is 44.9 Å². The molecule has 0 radical (unpaired) electrons. The molecule has 3 rings (SSSR count). The van der Waals surface area contributed by atoms with Crippen LogP contribution in [0.3, 0.4) is 0 Å². The zero-order valence-corrected chi connectivity index (χ0v) is 14.5. The van der Waals surface area contributed by atoms with E-state index in [1.807, 2.05) is 0 Å². The predicted octanol–water partition coefficient (Wildman–Crippen LogP) is 2.76. The van der Waals surface area contributed by atoms with Crippen molar-refractivity contribution >= 4 is 6.03 Å². The first-order valence-electron chi connectivity index (χ1n) is 8.93. The molecule has 2 heterocycles. The molecule has 0 aliphatic carbocycles. The fourth-order valence-corrected chi connectivity index (χ4v) is 3.41. The number of amides is 2. The fourth-order valence-electron chi connectivity index (χ4n) is 3.41. The Hall–Kier alpha value is -1.80. The van der Waals surface area contributed by atoms with Crippen LogP contribution < -0.4 is 10.6 Å². The van der Waals surface area contributed by atoms with Crippen LogP contribution in [-0.4, -0.2) is 49.3 Å². The van der Waals surface area contributed by atoms with Crippen LogP contribution in [-0.2, 0) is 17.5 Å². The Morgan fingerprint density at radius 1 is 1.08 bits per heavy atom. The molecular weight excluding hydrogens is 347 g/mol. The molecular formula is C18H24F3N3O2. The van der Waals surface area contributed by atoms with Gasteiger partial charge in [-0.3, -0.25) is 4.90 Å². The van der Waals surface area contributed by atoms with Gasteiger partial charge in [0.1, 0.15) is 0 Å². The second-order valence-electron chi connectivity index (χ2n) is 6.92. The van der Waals surface area contributed by atoms with Crippen LogP contribution in [0, 0.1) is 0 Å². The van der Waals surface area contributed by atoms with E-state index in [0.717, 1.165) is 43.5 Å². The van der Waals surface area contributed by atoms with Crippen molar-refractivity contribution in [1.82, 2.24) is 15.5 Å². The molecule has 2 aliphatic rings. The Morgan fingerprint density at radius 3 is 2.38 bits per heavy atom. The summed E-state index contributed by atoms with van der Waals surface area (Å²) in [5, 5.41) is 5.97. The van der Waals surface area contributed by atoms with Gasteiger partial charge in [-0.15, -0.1) is 0 Å². The number of hydrogen-bond donors (Lipinski definition) is 2. The third kappa shape index (κ3) is 5.35. The summed E-state index contributed by atoms with van der Waals surface area (Å²) in [6.07, 6.45) is -1.81. The highest BCUT2D eigenvalue weighted by Gasteiger charge is 2.30. The minimum Gasteiger partial charge on any atom is -0.381 e. The molecule has 0 spiro atoms. The average molecular weight is 371 g/mol. The van der Waals surface area contributed by atoms with Gasteiger partial charge in [-0.2, -0.15) is 13.2 Å². The van der Waals surface area contributed by atoms with E-state index in [2.05, 4.69) is 15.5 Å². The van der Waals surface area contributed by atoms with Gasteiger partial charge < -0.3 is 15.4 Å². The monoisotopic (exact) mass is 371 g/mol. The minimum absolute atomic E-state index is 0.0595. The van der Waals surface area contributed by atoms with E-state index in [-0.39, 0.29) is 18.1 Å². The Bertz CT molecular complexity index is 601. The summed E-state index contributed by atoms with van der Waals surface area (Å²) in [6, 6.07) is 5.32. The number of rotatable bonds is 4. The van der Waals surface area contributed by atoms with Gasteiger partial charge in [0.25, 0.3) is 0 Å². The molecule has 5 nitrogen and oxygen atoms in total. The van der Waals surface area contributed by atoms with E-state index < -0.39 is 11.7 Å². The maximum absolute atomic E-state index is 12.6. The number of urea groups is 1. The Kier molecular flexibility index (Phi) is 6.03. The van der Waals surface area contributed by atoms with E-state index in [9.17, 15) is 18.0 Å². The van der Waals surface area contributed by atoms with Crippen LogP contribution in [0.15, 0.2) is 24.3 Å². The number of carbonyl (C=O) groups excluding carboxylic acids is 1. The molecule has 1 atom stereocenters. The standard InChI is InChI=1S/C18H24F3N3O2/c19-18(20,21)14-3-1-13(2-4-14)11-24-8-5-16(12-24)23-17(25)22-15-6-9-26-10-7-15/h1-4,15-16H,5-12H2,(H2,22,23,25). The van der Waals surface area contributed by atoms with E-state index in [1.165, 1.54) is 12.1 Å². The van der Waals surface area contributed by atoms with Crippen molar-refractivity contribution in [3.8, 4) is 0 Å². The highest BCUT2D eigenvalue weighted by Crippen LogP contribution is 2.29. The maximum atomic E-state index is 12.6. The minimum atomic E-state index is -4.31. The summed E-state index contributed by atoms with van der Waals surface area (Å²) in [5.41, 5.74) is 0.206. The molecule has 2 aliphatic heterocycles. The van der Waals surface area contributed by atoms with Crippen LogP contribution in [0.1, 0.15) is 30.4 Å². The van der Waals surface area contributed by atoms with Crippen molar-refractivity contribution in [3.63, 3.8) is 0 Å². The van der Waals surface area contributed by atoms with Gasteiger partial charge in [0.05, 0.1) is 5.56 Å². The van der Waals surface area contributed by atoms with E-state index in [1.54, 1.807) is 0 Å². The molecule has 8 heteroatoms. The number of hydrogen-bond acceptors (Lipinski definition) is 3. The molecule has 2 amide bonds. The lowest BCUT2D eigenvalue weighted by Crippen LogP contribution is -2.48. The number of ether oxygens (including phenoxy) is 1. The first-order valence-corrected chi connectivity index (χ1v) is 8.93. The molecule has 1 aromatic carbocycles. The van der Waals surface area contributed by atoms with Crippen LogP contribution in [0.2, 0.25) is 0 Å². The van der Waals surface area contributed by atoms with Gasteiger partial charge >= 0.3 is 12.2 Å². The first-order chi connectivity index (χ1) is 12.4. The molecule has 0 bridgehead atoms. The largest absolute Gasteiger partial charge is 0.416 e. The Morgan fingerprint density at radius 2 is 1.73 bits per heavy atom. The van der Waals surface area contributed by atoms with Gasteiger partial charge in [-0.25, -0.2) is 4.79 Å². The van der Waals surface area contributed by atoms with Crippen LogP contribution in [0.4, 0.5) is 18.0 Å². The summed E-state index contributed by atoms with van der Waals surface area (Å²) < 4.78 is 43.1. The smallest absolute Gasteiger partial charge is 0.381 e. The lowest BCUT2D eigenvalue weighted by molar-refractivity contribution is -0.137. The highest BCUT2D eigenvalue weighted by atomic mass is 19.4. The maximum Gasteiger partial charge on any atom is 0.416 e. The van der Waals surface area contributed by atoms with Crippen molar-refractivity contribution in [1.29, 1.82) is 0 Å². The molecule has 2 saturated heterocycles. The van der Waals surface area contributed by atoms with E-state index in [0.29, 0.717) is 26.3 Å². The molecule has 144 valence electrons. The normalized spacial score (nSPS) is 22.3. The number of nitrogens with zero attached hydrogens (tertiary/aromatic N) is 1. The number of alkyl halides is 3. The van der Waals surface area contributed by atoms with E-state index >= 15 is 0 Å². The SMILES string of the molecule is O=C(NC1CCOCC1)NC1CCN(Cc2ccc(C(F)(F)F)cc2)C1. The lowest BCUT2D eigenvalue weighted by atomic mass is 10.1. The first kappa shape index (κ1) is 19.0. The number of nitrogens with one attached hydrogen (secondary N) is 2. The van der Waals surface area contributed by atoms with Crippen molar-refractivity contribution in [2.24, 2.45) is 0 Å². The van der Waals surface area contributed by atoms with Crippen molar-refractivity contribution < 1.29 is 22.7 Å². The van der Waals surface area contributed by atoms with Gasteiger partial charge in [0.15, 0.2) is 0 Å². The van der Waals surface area contributed by atoms with Crippen molar-refractivity contribution in [3.05, 3.63) is 35.4 Å². The van der Waals surface area contributed by atoms with Crippen LogP contribution in [0.25, 0.3) is 0 Å². The molecule has 1 unspecified atom stereocenters.